The molecule has 1 aliphatic carbocycles. The number of amides is 1. The normalized spacial score (nSPS) is 23.7. The van der Waals surface area contributed by atoms with Gasteiger partial charge in [0.05, 0.1) is 0 Å². The second-order valence-corrected chi connectivity index (χ2v) is 5.27. The zero-order valence-electron chi connectivity index (χ0n) is 11.0. The van der Waals surface area contributed by atoms with Crippen LogP contribution in [0, 0.1) is 5.92 Å². The summed E-state index contributed by atoms with van der Waals surface area (Å²) >= 11 is 0. The quantitative estimate of drug-likeness (QED) is 0.870. The zero-order chi connectivity index (χ0) is 13.1. The number of aromatic nitrogens is 1. The van der Waals surface area contributed by atoms with Gasteiger partial charge in [-0.25, -0.2) is 0 Å². The summed E-state index contributed by atoms with van der Waals surface area (Å²) in [6.45, 7) is 2.26. The molecule has 1 saturated carbocycles. The largest absolute Gasteiger partial charge is 0.339 e. The van der Waals surface area contributed by atoms with Crippen molar-refractivity contribution in [1.82, 2.24) is 9.88 Å². The molecule has 0 atom stereocenters. The molecule has 0 radical (unpaired) electrons. The minimum atomic E-state index is -0.230. The molecule has 1 amide bonds. The van der Waals surface area contributed by atoms with Crippen LogP contribution in [-0.4, -0.2) is 28.9 Å². The third-order valence-electron chi connectivity index (χ3n) is 3.88. The van der Waals surface area contributed by atoms with Crippen LogP contribution < -0.4 is 5.56 Å². The lowest BCUT2D eigenvalue weighted by Crippen LogP contribution is -2.39. The molecule has 4 heteroatoms. The zero-order valence-corrected chi connectivity index (χ0v) is 11.0. The molecular weight excluding hydrogens is 228 g/mol. The molecule has 1 aromatic rings. The Kier molecular flexibility index (Phi) is 3.84. The second-order valence-electron chi connectivity index (χ2n) is 5.27. The number of H-pyrrole nitrogens is 1. The molecule has 0 unspecified atom stereocenters. The maximum absolute atomic E-state index is 12.3. The van der Waals surface area contributed by atoms with Crippen LogP contribution in [0.25, 0.3) is 0 Å². The first-order valence-electron chi connectivity index (χ1n) is 6.54. The van der Waals surface area contributed by atoms with Crippen molar-refractivity contribution in [2.75, 3.05) is 7.05 Å². The minimum Gasteiger partial charge on any atom is -0.339 e. The van der Waals surface area contributed by atoms with Crippen LogP contribution in [0.4, 0.5) is 0 Å². The molecule has 0 aromatic carbocycles. The first-order valence-corrected chi connectivity index (χ1v) is 6.54. The molecule has 0 aliphatic heterocycles. The lowest BCUT2D eigenvalue weighted by molar-refractivity contribution is 0.0679. The van der Waals surface area contributed by atoms with Gasteiger partial charge in [0, 0.05) is 30.9 Å². The number of nitrogens with zero attached hydrogens (tertiary/aromatic N) is 1. The summed E-state index contributed by atoms with van der Waals surface area (Å²) in [4.78, 5) is 27.8. The predicted molar refractivity (Wildman–Crippen MR) is 70.6 cm³/mol. The molecule has 2 rings (SSSR count). The van der Waals surface area contributed by atoms with Gasteiger partial charge in [0.2, 0.25) is 5.56 Å². The molecule has 1 heterocycles. The van der Waals surface area contributed by atoms with Crippen molar-refractivity contribution < 1.29 is 4.79 Å². The SMILES string of the molecule is CC1CCC(N(C)C(=O)c2cc[nH]c(=O)c2)CC1. The van der Waals surface area contributed by atoms with E-state index in [1.165, 1.54) is 25.1 Å². The average Bonchev–Trinajstić information content (AvgIpc) is 2.38. The Morgan fingerprint density at radius 3 is 2.61 bits per heavy atom. The van der Waals surface area contributed by atoms with Gasteiger partial charge in [-0.2, -0.15) is 0 Å². The molecule has 1 N–H and O–H groups in total. The maximum Gasteiger partial charge on any atom is 0.254 e. The first kappa shape index (κ1) is 12.9. The monoisotopic (exact) mass is 248 g/mol. The summed E-state index contributed by atoms with van der Waals surface area (Å²) < 4.78 is 0. The fraction of sp³-hybridized carbons (Fsp3) is 0.571. The number of carbonyl (C=O) groups is 1. The van der Waals surface area contributed by atoms with Crippen molar-refractivity contribution >= 4 is 5.91 Å². The van der Waals surface area contributed by atoms with E-state index >= 15 is 0 Å². The Morgan fingerprint density at radius 1 is 1.33 bits per heavy atom. The lowest BCUT2D eigenvalue weighted by Gasteiger charge is -2.33. The van der Waals surface area contributed by atoms with Crippen molar-refractivity contribution in [3.63, 3.8) is 0 Å². The van der Waals surface area contributed by atoms with Crippen molar-refractivity contribution in [1.29, 1.82) is 0 Å². The van der Waals surface area contributed by atoms with Gasteiger partial charge in [0.25, 0.3) is 5.91 Å². The number of carbonyl (C=O) groups excluding carboxylic acids is 1. The highest BCUT2D eigenvalue weighted by Gasteiger charge is 2.25. The van der Waals surface area contributed by atoms with Crippen LogP contribution in [-0.2, 0) is 0 Å². The molecule has 1 fully saturated rings. The number of hydrogen-bond donors (Lipinski definition) is 1. The molecular formula is C14H20N2O2. The number of hydrogen-bond acceptors (Lipinski definition) is 2. The summed E-state index contributed by atoms with van der Waals surface area (Å²) in [5, 5.41) is 0. The number of aromatic amines is 1. The van der Waals surface area contributed by atoms with Gasteiger partial charge in [0.15, 0.2) is 0 Å². The molecule has 0 bridgehead atoms. The summed E-state index contributed by atoms with van der Waals surface area (Å²) in [5.41, 5.74) is 0.242. The molecule has 1 aliphatic rings. The highest BCUT2D eigenvalue weighted by molar-refractivity contribution is 5.94. The fourth-order valence-corrected chi connectivity index (χ4v) is 2.58. The van der Waals surface area contributed by atoms with Gasteiger partial charge in [0.1, 0.15) is 0 Å². The highest BCUT2D eigenvalue weighted by Crippen LogP contribution is 2.27. The van der Waals surface area contributed by atoms with E-state index in [-0.39, 0.29) is 11.5 Å². The van der Waals surface area contributed by atoms with Gasteiger partial charge in [-0.1, -0.05) is 6.92 Å². The first-order chi connectivity index (χ1) is 8.58. The Morgan fingerprint density at radius 2 is 2.00 bits per heavy atom. The van der Waals surface area contributed by atoms with Gasteiger partial charge in [-0.3, -0.25) is 9.59 Å². The standard InChI is InChI=1S/C14H20N2O2/c1-10-3-5-12(6-4-10)16(2)14(18)11-7-8-15-13(17)9-11/h7-10,12H,3-6H2,1-2H3,(H,15,17). The van der Waals surface area contributed by atoms with Crippen molar-refractivity contribution in [2.45, 2.75) is 38.6 Å². The van der Waals surface area contributed by atoms with E-state index in [0.29, 0.717) is 11.6 Å². The molecule has 0 saturated heterocycles. The highest BCUT2D eigenvalue weighted by atomic mass is 16.2. The van der Waals surface area contributed by atoms with Crippen molar-refractivity contribution in [2.24, 2.45) is 5.92 Å². The number of nitrogens with one attached hydrogen (secondary N) is 1. The van der Waals surface area contributed by atoms with Crippen molar-refractivity contribution in [3.8, 4) is 0 Å². The topological polar surface area (TPSA) is 53.2 Å². The molecule has 98 valence electrons. The third kappa shape index (κ3) is 2.81. The lowest BCUT2D eigenvalue weighted by atomic mass is 9.86. The Bertz CT molecular complexity index is 473. The number of rotatable bonds is 2. The third-order valence-corrected chi connectivity index (χ3v) is 3.88. The van der Waals surface area contributed by atoms with E-state index in [1.807, 2.05) is 7.05 Å². The van der Waals surface area contributed by atoms with E-state index in [9.17, 15) is 9.59 Å². The van der Waals surface area contributed by atoms with Gasteiger partial charge >= 0.3 is 0 Å². The van der Waals surface area contributed by atoms with Crippen LogP contribution >= 0.6 is 0 Å². The van der Waals surface area contributed by atoms with Gasteiger partial charge < -0.3 is 9.88 Å². The van der Waals surface area contributed by atoms with Crippen molar-refractivity contribution in [3.05, 3.63) is 34.2 Å². The van der Waals surface area contributed by atoms with Crippen LogP contribution in [0.15, 0.2) is 23.1 Å². The molecule has 1 aromatic heterocycles. The fourth-order valence-electron chi connectivity index (χ4n) is 2.58. The maximum atomic E-state index is 12.3. The van der Waals surface area contributed by atoms with Crippen LogP contribution in [0.2, 0.25) is 0 Å². The second kappa shape index (κ2) is 5.38. The predicted octanol–water partition coefficient (Wildman–Crippen LogP) is 2.03. The van der Waals surface area contributed by atoms with E-state index < -0.39 is 0 Å². The Balaban J connectivity index is 2.07. The molecule has 18 heavy (non-hydrogen) atoms. The Labute approximate surface area is 107 Å². The van der Waals surface area contributed by atoms with Crippen LogP contribution in [0.3, 0.4) is 0 Å². The summed E-state index contributed by atoms with van der Waals surface area (Å²) in [7, 11) is 1.84. The van der Waals surface area contributed by atoms with Crippen LogP contribution in [0.5, 0.6) is 0 Å². The van der Waals surface area contributed by atoms with E-state index in [2.05, 4.69) is 11.9 Å². The van der Waals surface area contributed by atoms with Gasteiger partial charge in [-0.05, 0) is 37.7 Å². The van der Waals surface area contributed by atoms with Crippen LogP contribution in [0.1, 0.15) is 43.0 Å². The van der Waals surface area contributed by atoms with E-state index in [4.69, 9.17) is 0 Å². The summed E-state index contributed by atoms with van der Waals surface area (Å²) in [6.07, 6.45) is 6.00. The number of pyridine rings is 1. The van der Waals surface area contributed by atoms with E-state index in [1.54, 1.807) is 11.0 Å². The molecule has 4 nitrogen and oxygen atoms in total. The van der Waals surface area contributed by atoms with E-state index in [0.717, 1.165) is 18.8 Å². The van der Waals surface area contributed by atoms with Gasteiger partial charge in [-0.15, -0.1) is 0 Å². The smallest absolute Gasteiger partial charge is 0.254 e. The summed E-state index contributed by atoms with van der Waals surface area (Å²) in [6, 6.07) is 3.34. The molecule has 0 spiro atoms. The Hall–Kier alpha value is -1.58. The minimum absolute atomic E-state index is 0.0550. The summed E-state index contributed by atoms with van der Waals surface area (Å²) in [5.74, 6) is 0.713. The average molecular weight is 248 g/mol.